The SMILES string of the molecule is CCOC(=O)C(C)(CCN)c1cc(Br)ccc1F. The second-order valence-electron chi connectivity index (χ2n) is 4.22. The summed E-state index contributed by atoms with van der Waals surface area (Å²) in [6, 6.07) is 4.52. The molecule has 1 aromatic carbocycles. The van der Waals surface area contributed by atoms with Gasteiger partial charge in [-0.1, -0.05) is 15.9 Å². The molecule has 0 saturated heterocycles. The summed E-state index contributed by atoms with van der Waals surface area (Å²) < 4.78 is 19.7. The summed E-state index contributed by atoms with van der Waals surface area (Å²) in [4.78, 5) is 12.1. The summed E-state index contributed by atoms with van der Waals surface area (Å²) in [5, 5.41) is 0. The molecule has 18 heavy (non-hydrogen) atoms. The standard InChI is InChI=1S/C13H17BrFNO2/c1-3-18-12(17)13(2,6-7-16)10-8-9(14)4-5-11(10)15/h4-5,8H,3,6-7,16H2,1-2H3. The second kappa shape index (κ2) is 6.29. The van der Waals surface area contributed by atoms with Gasteiger partial charge in [-0.25, -0.2) is 4.39 Å². The second-order valence-corrected chi connectivity index (χ2v) is 5.13. The van der Waals surface area contributed by atoms with Gasteiger partial charge in [0, 0.05) is 10.0 Å². The highest BCUT2D eigenvalue weighted by atomic mass is 79.9. The van der Waals surface area contributed by atoms with Gasteiger partial charge in [-0.15, -0.1) is 0 Å². The summed E-state index contributed by atoms with van der Waals surface area (Å²) in [6.45, 7) is 3.91. The fraction of sp³-hybridized carbons (Fsp3) is 0.462. The predicted molar refractivity (Wildman–Crippen MR) is 71.8 cm³/mol. The summed E-state index contributed by atoms with van der Waals surface area (Å²) in [6.07, 6.45) is 0.333. The lowest BCUT2D eigenvalue weighted by atomic mass is 9.79. The first kappa shape index (κ1) is 15.1. The van der Waals surface area contributed by atoms with Gasteiger partial charge in [0.2, 0.25) is 0 Å². The number of halogens is 2. The number of esters is 1. The highest BCUT2D eigenvalue weighted by Gasteiger charge is 2.38. The van der Waals surface area contributed by atoms with E-state index in [1.165, 1.54) is 6.07 Å². The lowest BCUT2D eigenvalue weighted by Crippen LogP contribution is -2.37. The minimum Gasteiger partial charge on any atom is -0.465 e. The third kappa shape index (κ3) is 3.09. The van der Waals surface area contributed by atoms with E-state index in [1.807, 2.05) is 0 Å². The van der Waals surface area contributed by atoms with Gasteiger partial charge >= 0.3 is 5.97 Å². The highest BCUT2D eigenvalue weighted by molar-refractivity contribution is 9.10. The Balaban J connectivity index is 3.25. The lowest BCUT2D eigenvalue weighted by molar-refractivity contribution is -0.149. The monoisotopic (exact) mass is 317 g/mol. The van der Waals surface area contributed by atoms with Crippen LogP contribution >= 0.6 is 15.9 Å². The first-order valence-corrected chi connectivity index (χ1v) is 6.57. The molecule has 0 fully saturated rings. The van der Waals surface area contributed by atoms with Crippen LogP contribution < -0.4 is 5.73 Å². The molecular weight excluding hydrogens is 301 g/mol. The van der Waals surface area contributed by atoms with Gasteiger partial charge < -0.3 is 10.5 Å². The summed E-state index contributed by atoms with van der Waals surface area (Å²) in [7, 11) is 0. The van der Waals surface area contributed by atoms with E-state index in [1.54, 1.807) is 26.0 Å². The first-order valence-electron chi connectivity index (χ1n) is 5.78. The van der Waals surface area contributed by atoms with Crippen LogP contribution in [0.25, 0.3) is 0 Å². The van der Waals surface area contributed by atoms with Crippen molar-refractivity contribution in [3.05, 3.63) is 34.1 Å². The predicted octanol–water partition coefficient (Wildman–Crippen LogP) is 2.76. The minimum atomic E-state index is -1.06. The Morgan fingerprint density at radius 2 is 2.22 bits per heavy atom. The van der Waals surface area contributed by atoms with Gasteiger partial charge in [-0.2, -0.15) is 0 Å². The smallest absolute Gasteiger partial charge is 0.316 e. The van der Waals surface area contributed by atoms with Crippen LogP contribution in [-0.2, 0) is 14.9 Å². The molecule has 2 N–H and O–H groups in total. The molecule has 0 heterocycles. The highest BCUT2D eigenvalue weighted by Crippen LogP contribution is 2.32. The molecule has 1 aromatic rings. The number of hydrogen-bond donors (Lipinski definition) is 1. The molecule has 0 aliphatic rings. The van der Waals surface area contributed by atoms with Crippen molar-refractivity contribution in [1.82, 2.24) is 0 Å². The molecule has 0 amide bonds. The Morgan fingerprint density at radius 1 is 1.56 bits per heavy atom. The van der Waals surface area contributed by atoms with Crippen molar-refractivity contribution in [1.29, 1.82) is 0 Å². The van der Waals surface area contributed by atoms with E-state index in [0.29, 0.717) is 16.5 Å². The third-order valence-electron chi connectivity index (χ3n) is 2.89. The lowest BCUT2D eigenvalue weighted by Gasteiger charge is -2.27. The minimum absolute atomic E-state index is 0.259. The summed E-state index contributed by atoms with van der Waals surface area (Å²) >= 11 is 3.28. The van der Waals surface area contributed by atoms with Gasteiger partial charge in [0.05, 0.1) is 12.0 Å². The van der Waals surface area contributed by atoms with Gasteiger partial charge in [0.1, 0.15) is 5.82 Å². The van der Waals surface area contributed by atoms with Crippen LogP contribution in [0.15, 0.2) is 22.7 Å². The number of carbonyl (C=O) groups is 1. The van der Waals surface area contributed by atoms with E-state index in [2.05, 4.69) is 15.9 Å². The molecule has 100 valence electrons. The maximum Gasteiger partial charge on any atom is 0.316 e. The fourth-order valence-corrected chi connectivity index (χ4v) is 2.21. The van der Waals surface area contributed by atoms with E-state index in [0.717, 1.165) is 0 Å². The van der Waals surface area contributed by atoms with Crippen molar-refractivity contribution in [2.45, 2.75) is 25.7 Å². The third-order valence-corrected chi connectivity index (χ3v) is 3.39. The number of rotatable bonds is 5. The van der Waals surface area contributed by atoms with Crippen molar-refractivity contribution in [2.24, 2.45) is 5.73 Å². The molecule has 0 aromatic heterocycles. The zero-order chi connectivity index (χ0) is 13.8. The van der Waals surface area contributed by atoms with E-state index in [9.17, 15) is 9.18 Å². The molecule has 0 aliphatic carbocycles. The quantitative estimate of drug-likeness (QED) is 0.850. The van der Waals surface area contributed by atoms with Crippen LogP contribution in [-0.4, -0.2) is 19.1 Å². The van der Waals surface area contributed by atoms with Crippen LogP contribution in [0, 0.1) is 5.82 Å². The Morgan fingerprint density at radius 3 is 2.78 bits per heavy atom. The van der Waals surface area contributed by atoms with E-state index >= 15 is 0 Å². The first-order chi connectivity index (χ1) is 8.45. The Bertz CT molecular complexity index is 439. The topological polar surface area (TPSA) is 52.3 Å². The molecule has 1 unspecified atom stereocenters. The Hall–Kier alpha value is -0.940. The van der Waals surface area contributed by atoms with Crippen molar-refractivity contribution in [3.63, 3.8) is 0 Å². The van der Waals surface area contributed by atoms with E-state index in [-0.39, 0.29) is 13.2 Å². The van der Waals surface area contributed by atoms with Crippen LogP contribution in [0.4, 0.5) is 4.39 Å². The van der Waals surface area contributed by atoms with Gasteiger partial charge in [-0.3, -0.25) is 4.79 Å². The van der Waals surface area contributed by atoms with Crippen LogP contribution in [0.1, 0.15) is 25.8 Å². The summed E-state index contributed by atoms with van der Waals surface area (Å²) in [5.41, 5.74) is 4.78. The molecule has 5 heteroatoms. The van der Waals surface area contributed by atoms with E-state index < -0.39 is 17.2 Å². The van der Waals surface area contributed by atoms with Crippen LogP contribution in [0.2, 0.25) is 0 Å². The maximum absolute atomic E-state index is 13.9. The van der Waals surface area contributed by atoms with Crippen LogP contribution in [0.5, 0.6) is 0 Å². The molecular formula is C13H17BrFNO2. The number of benzene rings is 1. The number of hydrogen-bond acceptors (Lipinski definition) is 3. The maximum atomic E-state index is 13.9. The Kier molecular flexibility index (Phi) is 5.28. The number of nitrogens with two attached hydrogens (primary N) is 1. The van der Waals surface area contributed by atoms with Gasteiger partial charge in [-0.05, 0) is 45.0 Å². The summed E-state index contributed by atoms with van der Waals surface area (Å²) in [5.74, 6) is -0.880. The average Bonchev–Trinajstić information content (AvgIpc) is 2.32. The zero-order valence-electron chi connectivity index (χ0n) is 10.5. The zero-order valence-corrected chi connectivity index (χ0v) is 12.1. The van der Waals surface area contributed by atoms with Crippen molar-refractivity contribution >= 4 is 21.9 Å². The molecule has 0 spiro atoms. The molecule has 3 nitrogen and oxygen atoms in total. The fourth-order valence-electron chi connectivity index (χ4n) is 1.85. The van der Waals surface area contributed by atoms with Gasteiger partial charge in [0.25, 0.3) is 0 Å². The normalized spacial score (nSPS) is 14.1. The molecule has 0 aliphatic heterocycles. The number of ether oxygens (including phenoxy) is 1. The largest absolute Gasteiger partial charge is 0.465 e. The Labute approximate surface area is 115 Å². The van der Waals surface area contributed by atoms with Crippen LogP contribution in [0.3, 0.4) is 0 Å². The molecule has 0 saturated carbocycles. The number of carbonyl (C=O) groups excluding carboxylic acids is 1. The van der Waals surface area contributed by atoms with Crippen molar-refractivity contribution in [3.8, 4) is 0 Å². The molecule has 0 radical (unpaired) electrons. The van der Waals surface area contributed by atoms with Gasteiger partial charge in [0.15, 0.2) is 0 Å². The molecule has 1 rings (SSSR count). The molecule has 1 atom stereocenters. The van der Waals surface area contributed by atoms with E-state index in [4.69, 9.17) is 10.5 Å². The molecule has 0 bridgehead atoms. The van der Waals surface area contributed by atoms with Crippen molar-refractivity contribution < 1.29 is 13.9 Å². The van der Waals surface area contributed by atoms with Crippen molar-refractivity contribution in [2.75, 3.05) is 13.2 Å². The average molecular weight is 318 g/mol.